The van der Waals surface area contributed by atoms with Gasteiger partial charge in [0.05, 0.1) is 4.90 Å². The fraction of sp³-hybridized carbons (Fsp3) is 0.217. The van der Waals surface area contributed by atoms with Gasteiger partial charge in [-0.1, -0.05) is 30.7 Å². The number of nitrogens with one attached hydrogen (secondary N) is 1. The molecule has 0 saturated carbocycles. The zero-order valence-electron chi connectivity index (χ0n) is 17.5. The second-order valence-corrected chi connectivity index (χ2v) is 9.57. The third-order valence-electron chi connectivity index (χ3n) is 4.99. The fourth-order valence-corrected chi connectivity index (χ4v) is 5.01. The molecule has 0 unspecified atom stereocenters. The van der Waals surface area contributed by atoms with Crippen LogP contribution < -0.4 is 10.9 Å². The van der Waals surface area contributed by atoms with Crippen molar-refractivity contribution in [3.8, 4) is 0 Å². The molecule has 31 heavy (non-hydrogen) atoms. The summed E-state index contributed by atoms with van der Waals surface area (Å²) in [5.74, 6) is -0.423. The summed E-state index contributed by atoms with van der Waals surface area (Å²) in [7, 11) is -4.08. The number of hydrogen-bond donors (Lipinski definition) is 1. The van der Waals surface area contributed by atoms with E-state index in [4.69, 9.17) is 11.6 Å². The molecule has 0 spiro atoms. The Morgan fingerprint density at radius 3 is 2.23 bits per heavy atom. The molecule has 0 radical (unpaired) electrons. The molecule has 0 fully saturated rings. The van der Waals surface area contributed by atoms with E-state index in [1.165, 1.54) is 28.8 Å². The molecule has 2 aromatic carbocycles. The number of rotatable bonds is 6. The molecular formula is C23H23ClN2O4S. The number of halogens is 1. The van der Waals surface area contributed by atoms with Gasteiger partial charge >= 0.3 is 0 Å². The van der Waals surface area contributed by atoms with Crippen LogP contribution in [0.1, 0.15) is 23.7 Å². The van der Waals surface area contributed by atoms with Gasteiger partial charge in [-0.05, 0) is 73.9 Å². The van der Waals surface area contributed by atoms with Crippen LogP contribution in [-0.4, -0.2) is 18.9 Å². The Balaban J connectivity index is 1.95. The van der Waals surface area contributed by atoms with Gasteiger partial charge in [-0.2, -0.15) is 0 Å². The van der Waals surface area contributed by atoms with Crippen molar-refractivity contribution in [2.24, 2.45) is 0 Å². The number of carbonyl (C=O) groups excluding carboxylic acids is 1. The lowest BCUT2D eigenvalue weighted by Crippen LogP contribution is -2.33. The van der Waals surface area contributed by atoms with Crippen LogP contribution in [0.2, 0.25) is 5.02 Å². The highest BCUT2D eigenvalue weighted by molar-refractivity contribution is 7.91. The van der Waals surface area contributed by atoms with Crippen LogP contribution in [0.4, 0.5) is 5.69 Å². The molecule has 0 aliphatic rings. The van der Waals surface area contributed by atoms with Gasteiger partial charge in [0.1, 0.15) is 11.4 Å². The van der Waals surface area contributed by atoms with Crippen LogP contribution in [0.5, 0.6) is 0 Å². The van der Waals surface area contributed by atoms with Crippen molar-refractivity contribution in [2.45, 2.75) is 43.5 Å². The van der Waals surface area contributed by atoms with E-state index in [1.54, 1.807) is 32.0 Å². The van der Waals surface area contributed by atoms with Crippen molar-refractivity contribution in [2.75, 3.05) is 5.32 Å². The Bertz CT molecular complexity index is 1280. The summed E-state index contributed by atoms with van der Waals surface area (Å²) in [6.45, 7) is 4.97. The molecule has 1 amide bonds. The molecule has 162 valence electrons. The van der Waals surface area contributed by atoms with E-state index in [-0.39, 0.29) is 16.3 Å². The maximum atomic E-state index is 13.1. The molecule has 1 N–H and O–H groups in total. The molecule has 0 saturated heterocycles. The number of benzene rings is 2. The van der Waals surface area contributed by atoms with Crippen LogP contribution in [0, 0.1) is 13.8 Å². The van der Waals surface area contributed by atoms with E-state index in [9.17, 15) is 18.0 Å². The third-order valence-corrected chi connectivity index (χ3v) is 7.17. The summed E-state index contributed by atoms with van der Waals surface area (Å²) in [5, 5.41) is 3.13. The average Bonchev–Trinajstić information content (AvgIpc) is 2.71. The molecule has 0 aliphatic heterocycles. The van der Waals surface area contributed by atoms with Gasteiger partial charge in [-0.15, -0.1) is 0 Å². The number of hydrogen-bond acceptors (Lipinski definition) is 4. The normalized spacial score (nSPS) is 11.4. The van der Waals surface area contributed by atoms with Crippen molar-refractivity contribution in [3.05, 3.63) is 86.8 Å². The Morgan fingerprint density at radius 1 is 1.03 bits per heavy atom. The van der Waals surface area contributed by atoms with Crippen molar-refractivity contribution >= 4 is 33.0 Å². The number of aromatic nitrogens is 1. The molecule has 3 rings (SSSR count). The lowest BCUT2D eigenvalue weighted by atomic mass is 10.1. The Kier molecular flexibility index (Phi) is 6.67. The van der Waals surface area contributed by atoms with Gasteiger partial charge < -0.3 is 9.88 Å². The maximum Gasteiger partial charge on any atom is 0.270 e. The van der Waals surface area contributed by atoms with E-state index >= 15 is 0 Å². The van der Waals surface area contributed by atoms with Gasteiger partial charge in [0.15, 0.2) is 0 Å². The minimum absolute atomic E-state index is 0.0343. The molecule has 0 atom stereocenters. The second-order valence-electron chi connectivity index (χ2n) is 7.25. The first-order valence-electron chi connectivity index (χ1n) is 9.74. The summed E-state index contributed by atoms with van der Waals surface area (Å²) in [5.41, 5.74) is 1.83. The summed E-state index contributed by atoms with van der Waals surface area (Å²) in [6, 6.07) is 14.6. The fourth-order valence-electron chi connectivity index (χ4n) is 3.33. The van der Waals surface area contributed by atoms with Gasteiger partial charge in [0.2, 0.25) is 15.7 Å². The van der Waals surface area contributed by atoms with Crippen LogP contribution in [0.25, 0.3) is 0 Å². The highest BCUT2D eigenvalue weighted by atomic mass is 35.5. The molecule has 0 bridgehead atoms. The Hall–Kier alpha value is -2.90. The highest BCUT2D eigenvalue weighted by Gasteiger charge is 2.26. The molecule has 1 heterocycles. The topological polar surface area (TPSA) is 85.2 Å². The molecule has 8 heteroatoms. The number of pyridine rings is 1. The number of sulfone groups is 1. The number of aryl methyl sites for hydroxylation is 3. The first-order chi connectivity index (χ1) is 14.6. The molecule has 0 aliphatic carbocycles. The summed E-state index contributed by atoms with van der Waals surface area (Å²) < 4.78 is 27.4. The molecular weight excluding hydrogens is 436 g/mol. The van der Waals surface area contributed by atoms with Crippen LogP contribution in [-0.2, 0) is 27.6 Å². The molecule has 3 aromatic rings. The van der Waals surface area contributed by atoms with E-state index in [1.807, 2.05) is 19.1 Å². The minimum atomic E-state index is -4.08. The standard InChI is InChI=1S/C23H23ClN2O4S/c1-4-17-5-9-19(10-6-17)25-21(27)14-26-16(3)13-15(2)22(23(26)28)31(29,30)20-11-7-18(24)8-12-20/h5-13H,4,14H2,1-3H3,(H,25,27). The lowest BCUT2D eigenvalue weighted by molar-refractivity contribution is -0.116. The van der Waals surface area contributed by atoms with Gasteiger partial charge in [-0.25, -0.2) is 8.42 Å². The third kappa shape index (κ3) is 4.89. The molecule has 1 aromatic heterocycles. The summed E-state index contributed by atoms with van der Waals surface area (Å²) in [4.78, 5) is 25.3. The maximum absolute atomic E-state index is 13.1. The van der Waals surface area contributed by atoms with E-state index in [0.29, 0.717) is 22.0 Å². The number of carbonyl (C=O) groups is 1. The lowest BCUT2D eigenvalue weighted by Gasteiger charge is -2.15. The van der Waals surface area contributed by atoms with Gasteiger partial charge in [0.25, 0.3) is 5.56 Å². The Labute approximate surface area is 186 Å². The Morgan fingerprint density at radius 2 is 1.65 bits per heavy atom. The number of nitrogens with zero attached hydrogens (tertiary/aromatic N) is 1. The van der Waals surface area contributed by atoms with Crippen LogP contribution in [0.3, 0.4) is 0 Å². The smallest absolute Gasteiger partial charge is 0.270 e. The minimum Gasteiger partial charge on any atom is -0.325 e. The zero-order chi connectivity index (χ0) is 22.8. The van der Waals surface area contributed by atoms with E-state index < -0.39 is 21.3 Å². The largest absolute Gasteiger partial charge is 0.325 e. The monoisotopic (exact) mass is 458 g/mol. The number of anilines is 1. The predicted octanol–water partition coefficient (Wildman–Crippen LogP) is 4.15. The average molecular weight is 459 g/mol. The number of amides is 1. The zero-order valence-corrected chi connectivity index (χ0v) is 19.0. The first-order valence-corrected chi connectivity index (χ1v) is 11.6. The summed E-state index contributed by atoms with van der Waals surface area (Å²) >= 11 is 5.85. The quantitative estimate of drug-likeness (QED) is 0.601. The predicted molar refractivity (Wildman–Crippen MR) is 122 cm³/mol. The van der Waals surface area contributed by atoms with Crippen molar-refractivity contribution < 1.29 is 13.2 Å². The van der Waals surface area contributed by atoms with Crippen LogP contribution in [0.15, 0.2) is 69.2 Å². The van der Waals surface area contributed by atoms with Crippen molar-refractivity contribution in [1.29, 1.82) is 0 Å². The SMILES string of the molecule is CCc1ccc(NC(=O)Cn2c(C)cc(C)c(S(=O)(=O)c3ccc(Cl)cc3)c2=O)cc1. The first kappa shape index (κ1) is 22.8. The van der Waals surface area contributed by atoms with Gasteiger partial charge in [-0.3, -0.25) is 9.59 Å². The van der Waals surface area contributed by atoms with Crippen molar-refractivity contribution in [1.82, 2.24) is 4.57 Å². The molecule has 6 nitrogen and oxygen atoms in total. The summed E-state index contributed by atoms with van der Waals surface area (Å²) in [6.07, 6.45) is 0.886. The van der Waals surface area contributed by atoms with Gasteiger partial charge in [0, 0.05) is 16.4 Å². The van der Waals surface area contributed by atoms with Crippen LogP contribution >= 0.6 is 11.6 Å². The van der Waals surface area contributed by atoms with E-state index in [2.05, 4.69) is 5.32 Å². The van der Waals surface area contributed by atoms with E-state index in [0.717, 1.165) is 12.0 Å². The highest BCUT2D eigenvalue weighted by Crippen LogP contribution is 2.23. The van der Waals surface area contributed by atoms with Crippen molar-refractivity contribution in [3.63, 3.8) is 0 Å². The second kappa shape index (κ2) is 9.08.